The summed E-state index contributed by atoms with van der Waals surface area (Å²) in [6, 6.07) is 9.42. The minimum atomic E-state index is -0.711. The van der Waals surface area contributed by atoms with Crippen LogP contribution in [0.3, 0.4) is 0 Å². The lowest BCUT2D eigenvalue weighted by Gasteiger charge is -2.13. The Balaban J connectivity index is 2.30. The molecule has 0 aliphatic carbocycles. The molecule has 0 aromatic heterocycles. The molecule has 1 unspecified atom stereocenters. The van der Waals surface area contributed by atoms with Crippen LogP contribution in [0.4, 0.5) is 4.79 Å². The molecular weight excluding hydrogens is 208 g/mol. The van der Waals surface area contributed by atoms with E-state index in [1.165, 1.54) is 7.11 Å². The predicted octanol–water partition coefficient (Wildman–Crippen LogP) is 2.72. The molecule has 0 spiro atoms. The fourth-order valence-electron chi connectivity index (χ4n) is 1.16. The highest BCUT2D eigenvalue weighted by Crippen LogP contribution is 2.04. The Bertz CT molecular complexity index is 306. The number of benzene rings is 1. The summed E-state index contributed by atoms with van der Waals surface area (Å²) in [5.74, 6) is 0. The molecule has 88 valence electrons. The molecular formula is C12H16O4. The van der Waals surface area contributed by atoms with Crippen LogP contribution in [-0.2, 0) is 20.8 Å². The average molecular weight is 224 g/mol. The highest BCUT2D eigenvalue weighted by molar-refractivity contribution is 5.60. The zero-order chi connectivity index (χ0) is 11.8. The number of ether oxygens (including phenoxy) is 3. The minimum absolute atomic E-state index is 0.208. The molecule has 1 rings (SSSR count). The molecule has 0 radical (unpaired) electrons. The van der Waals surface area contributed by atoms with Crippen molar-refractivity contribution in [1.82, 2.24) is 0 Å². The molecule has 0 aliphatic heterocycles. The van der Waals surface area contributed by atoms with Crippen molar-refractivity contribution >= 4 is 6.16 Å². The van der Waals surface area contributed by atoms with E-state index in [9.17, 15) is 4.79 Å². The van der Waals surface area contributed by atoms with Crippen molar-refractivity contribution in [2.75, 3.05) is 7.11 Å². The van der Waals surface area contributed by atoms with Crippen LogP contribution in [0, 0.1) is 0 Å². The second-order valence-corrected chi connectivity index (χ2v) is 3.22. The smallest absolute Gasteiger partial charge is 0.429 e. The Morgan fingerprint density at radius 1 is 1.31 bits per heavy atom. The molecule has 0 heterocycles. The van der Waals surface area contributed by atoms with Crippen molar-refractivity contribution in [1.29, 1.82) is 0 Å². The maximum atomic E-state index is 11.2. The molecule has 0 N–H and O–H groups in total. The Morgan fingerprint density at radius 2 is 2.00 bits per heavy atom. The van der Waals surface area contributed by atoms with E-state index in [1.54, 1.807) is 0 Å². The third-order valence-electron chi connectivity index (χ3n) is 2.02. The van der Waals surface area contributed by atoms with Gasteiger partial charge < -0.3 is 14.2 Å². The molecule has 1 aromatic rings. The standard InChI is InChI=1S/C12H16O4/c1-3-11(14-2)16-12(13)15-9-10-7-5-4-6-8-10/h4-8,11H,3,9H2,1-2H3. The molecule has 0 amide bonds. The molecule has 0 bridgehead atoms. The topological polar surface area (TPSA) is 44.8 Å². The van der Waals surface area contributed by atoms with Gasteiger partial charge in [-0.2, -0.15) is 0 Å². The van der Waals surface area contributed by atoms with Gasteiger partial charge in [0.25, 0.3) is 0 Å². The molecule has 0 saturated carbocycles. The fourth-order valence-corrected chi connectivity index (χ4v) is 1.16. The lowest BCUT2D eigenvalue weighted by molar-refractivity contribution is -0.106. The number of hydrogen-bond acceptors (Lipinski definition) is 4. The number of carbonyl (C=O) groups excluding carboxylic acids is 1. The number of methoxy groups -OCH3 is 1. The Kier molecular flexibility index (Phi) is 5.36. The molecule has 4 nitrogen and oxygen atoms in total. The van der Waals surface area contributed by atoms with E-state index < -0.39 is 12.4 Å². The number of hydrogen-bond donors (Lipinski definition) is 0. The van der Waals surface area contributed by atoms with Gasteiger partial charge >= 0.3 is 6.16 Å². The van der Waals surface area contributed by atoms with Crippen LogP contribution in [0.1, 0.15) is 18.9 Å². The normalized spacial score (nSPS) is 11.9. The monoisotopic (exact) mass is 224 g/mol. The van der Waals surface area contributed by atoms with E-state index in [0.717, 1.165) is 5.56 Å². The van der Waals surface area contributed by atoms with Gasteiger partial charge in [-0.05, 0) is 5.56 Å². The fraction of sp³-hybridized carbons (Fsp3) is 0.417. The van der Waals surface area contributed by atoms with E-state index in [2.05, 4.69) is 0 Å². The van der Waals surface area contributed by atoms with Crippen LogP contribution in [0.15, 0.2) is 30.3 Å². The van der Waals surface area contributed by atoms with E-state index in [1.807, 2.05) is 37.3 Å². The molecule has 4 heteroatoms. The van der Waals surface area contributed by atoms with Gasteiger partial charge in [0.1, 0.15) is 6.61 Å². The molecule has 0 fully saturated rings. The van der Waals surface area contributed by atoms with Gasteiger partial charge in [-0.1, -0.05) is 37.3 Å². The molecule has 0 aliphatic rings. The first-order valence-electron chi connectivity index (χ1n) is 5.16. The maximum absolute atomic E-state index is 11.2. The van der Waals surface area contributed by atoms with Gasteiger partial charge in [-0.3, -0.25) is 0 Å². The van der Waals surface area contributed by atoms with E-state index >= 15 is 0 Å². The Morgan fingerprint density at radius 3 is 2.56 bits per heavy atom. The van der Waals surface area contributed by atoms with Gasteiger partial charge in [-0.25, -0.2) is 4.79 Å². The quantitative estimate of drug-likeness (QED) is 0.569. The summed E-state index contributed by atoms with van der Waals surface area (Å²) < 4.78 is 14.7. The predicted molar refractivity (Wildman–Crippen MR) is 58.8 cm³/mol. The largest absolute Gasteiger partial charge is 0.510 e. The molecule has 0 saturated heterocycles. The van der Waals surface area contributed by atoms with Crippen LogP contribution in [0.5, 0.6) is 0 Å². The zero-order valence-electron chi connectivity index (χ0n) is 9.51. The Hall–Kier alpha value is -1.55. The zero-order valence-corrected chi connectivity index (χ0v) is 9.51. The lowest BCUT2D eigenvalue weighted by atomic mass is 10.2. The van der Waals surface area contributed by atoms with Crippen molar-refractivity contribution in [2.45, 2.75) is 26.2 Å². The third-order valence-corrected chi connectivity index (χ3v) is 2.02. The number of carbonyl (C=O) groups is 1. The van der Waals surface area contributed by atoms with Crippen LogP contribution in [0.25, 0.3) is 0 Å². The molecule has 1 aromatic carbocycles. The van der Waals surface area contributed by atoms with Crippen molar-refractivity contribution in [3.63, 3.8) is 0 Å². The Labute approximate surface area is 95.1 Å². The summed E-state index contributed by atoms with van der Waals surface area (Å²) in [4.78, 5) is 11.2. The van der Waals surface area contributed by atoms with Gasteiger partial charge in [0.15, 0.2) is 0 Å². The van der Waals surface area contributed by atoms with Gasteiger partial charge in [0.05, 0.1) is 0 Å². The first-order valence-corrected chi connectivity index (χ1v) is 5.16. The maximum Gasteiger partial charge on any atom is 0.510 e. The van der Waals surface area contributed by atoms with Crippen LogP contribution in [0.2, 0.25) is 0 Å². The van der Waals surface area contributed by atoms with Crippen molar-refractivity contribution in [3.8, 4) is 0 Å². The summed E-state index contributed by atoms with van der Waals surface area (Å²) in [5.41, 5.74) is 0.921. The first kappa shape index (κ1) is 12.5. The van der Waals surface area contributed by atoms with Gasteiger partial charge in [-0.15, -0.1) is 0 Å². The summed E-state index contributed by atoms with van der Waals surface area (Å²) in [5, 5.41) is 0. The van der Waals surface area contributed by atoms with Gasteiger partial charge in [0.2, 0.25) is 6.29 Å². The minimum Gasteiger partial charge on any atom is -0.429 e. The van der Waals surface area contributed by atoms with Crippen LogP contribution < -0.4 is 0 Å². The van der Waals surface area contributed by atoms with Crippen LogP contribution >= 0.6 is 0 Å². The average Bonchev–Trinajstić information content (AvgIpc) is 2.34. The summed E-state index contributed by atoms with van der Waals surface area (Å²) in [7, 11) is 1.48. The number of rotatable bonds is 5. The van der Waals surface area contributed by atoms with Crippen LogP contribution in [-0.4, -0.2) is 19.6 Å². The summed E-state index contributed by atoms with van der Waals surface area (Å²) >= 11 is 0. The lowest BCUT2D eigenvalue weighted by Crippen LogP contribution is -2.19. The van der Waals surface area contributed by atoms with Crippen molar-refractivity contribution in [2.24, 2.45) is 0 Å². The van der Waals surface area contributed by atoms with E-state index in [4.69, 9.17) is 14.2 Å². The highest BCUT2D eigenvalue weighted by atomic mass is 16.8. The van der Waals surface area contributed by atoms with Crippen molar-refractivity contribution < 1.29 is 19.0 Å². The second-order valence-electron chi connectivity index (χ2n) is 3.22. The summed E-state index contributed by atoms with van der Waals surface area (Å²) in [6.07, 6.45) is -0.655. The second kappa shape index (κ2) is 6.85. The molecule has 16 heavy (non-hydrogen) atoms. The van der Waals surface area contributed by atoms with E-state index in [0.29, 0.717) is 6.42 Å². The SMILES string of the molecule is CCC(OC)OC(=O)OCc1ccccc1. The summed E-state index contributed by atoms with van der Waals surface area (Å²) in [6.45, 7) is 2.07. The third kappa shape index (κ3) is 4.31. The highest BCUT2D eigenvalue weighted by Gasteiger charge is 2.12. The van der Waals surface area contributed by atoms with Crippen molar-refractivity contribution in [3.05, 3.63) is 35.9 Å². The molecule has 1 atom stereocenters. The van der Waals surface area contributed by atoms with Gasteiger partial charge in [0, 0.05) is 13.5 Å². The first-order chi connectivity index (χ1) is 7.76. The van der Waals surface area contributed by atoms with E-state index in [-0.39, 0.29) is 6.61 Å².